The zero-order valence-corrected chi connectivity index (χ0v) is 6.11. The maximum Gasteiger partial charge on any atom is -0.0207 e. The van der Waals surface area contributed by atoms with Crippen molar-refractivity contribution in [3.8, 4) is 0 Å². The molecule has 0 radical (unpaired) electrons. The van der Waals surface area contributed by atoms with Crippen LogP contribution in [0.15, 0.2) is 0 Å². The summed E-state index contributed by atoms with van der Waals surface area (Å²) in [4.78, 5) is 0. The van der Waals surface area contributed by atoms with E-state index in [1.807, 2.05) is 0 Å². The van der Waals surface area contributed by atoms with E-state index >= 15 is 0 Å². The zero-order chi connectivity index (χ0) is 6.11. The summed E-state index contributed by atoms with van der Waals surface area (Å²) >= 11 is 0. The highest BCUT2D eigenvalue weighted by atomic mass is 14.8. The Kier molecular flexibility index (Phi) is 0.518. The van der Waals surface area contributed by atoms with E-state index in [1.54, 1.807) is 25.7 Å². The van der Waals surface area contributed by atoms with Gasteiger partial charge in [-0.15, -0.1) is 0 Å². The summed E-state index contributed by atoms with van der Waals surface area (Å²) < 4.78 is 0. The van der Waals surface area contributed by atoms with Crippen LogP contribution in [0.3, 0.4) is 0 Å². The fourth-order valence-electron chi connectivity index (χ4n) is 3.70. The van der Waals surface area contributed by atoms with Crippen molar-refractivity contribution >= 4 is 0 Å². The minimum Gasteiger partial charge on any atom is -0.0588 e. The molecular weight excluding hydrogens is 108 g/mol. The molecule has 3 aliphatic rings. The molecule has 0 N–H and O–H groups in total. The average Bonchev–Trinajstić information content (AvgIpc) is 2.65. The van der Waals surface area contributed by atoms with E-state index < -0.39 is 0 Å². The van der Waals surface area contributed by atoms with Gasteiger partial charge in [0.1, 0.15) is 0 Å². The van der Waals surface area contributed by atoms with E-state index in [9.17, 15) is 0 Å². The Balaban J connectivity index is 2.02. The van der Waals surface area contributed by atoms with Gasteiger partial charge in [0.2, 0.25) is 0 Å². The standard InChI is InChI=1S/C9H14/c1-8-4-2-3-7(8)9(8)5-6-9/h7H,2-6H2,1H3/t7-,8-/m0/s1. The Morgan fingerprint density at radius 1 is 1.22 bits per heavy atom. The monoisotopic (exact) mass is 122 g/mol. The molecule has 50 valence electrons. The SMILES string of the molecule is C[C@]12CCC[C@@H]1C21CC1. The number of hydrogen-bond acceptors (Lipinski definition) is 0. The molecule has 3 rings (SSSR count). The first-order valence-electron chi connectivity index (χ1n) is 4.30. The van der Waals surface area contributed by atoms with E-state index in [0.29, 0.717) is 0 Å². The van der Waals surface area contributed by atoms with Gasteiger partial charge >= 0.3 is 0 Å². The number of hydrogen-bond donors (Lipinski definition) is 0. The van der Waals surface area contributed by atoms with Gasteiger partial charge in [-0.3, -0.25) is 0 Å². The summed E-state index contributed by atoms with van der Waals surface area (Å²) in [6.07, 6.45) is 7.80. The second-order valence-electron chi connectivity index (χ2n) is 4.52. The predicted molar refractivity (Wildman–Crippen MR) is 37.1 cm³/mol. The van der Waals surface area contributed by atoms with Crippen molar-refractivity contribution in [2.75, 3.05) is 0 Å². The molecule has 1 spiro atoms. The molecule has 0 bridgehead atoms. The third kappa shape index (κ3) is 0.300. The fourth-order valence-corrected chi connectivity index (χ4v) is 3.70. The maximum absolute atomic E-state index is 2.53. The summed E-state index contributed by atoms with van der Waals surface area (Å²) in [7, 11) is 0. The van der Waals surface area contributed by atoms with Crippen molar-refractivity contribution in [1.82, 2.24) is 0 Å². The van der Waals surface area contributed by atoms with Crippen LogP contribution in [0.25, 0.3) is 0 Å². The maximum atomic E-state index is 2.53. The summed E-state index contributed by atoms with van der Waals surface area (Å²) in [6, 6.07) is 0. The van der Waals surface area contributed by atoms with Crippen molar-refractivity contribution in [2.45, 2.75) is 39.0 Å². The Morgan fingerprint density at radius 2 is 2.00 bits per heavy atom. The van der Waals surface area contributed by atoms with Crippen molar-refractivity contribution in [2.24, 2.45) is 16.7 Å². The molecule has 0 nitrogen and oxygen atoms in total. The molecule has 0 amide bonds. The van der Waals surface area contributed by atoms with Gasteiger partial charge in [0.25, 0.3) is 0 Å². The Hall–Kier alpha value is 0. The highest BCUT2D eigenvalue weighted by Crippen LogP contribution is 2.87. The molecule has 0 unspecified atom stereocenters. The molecule has 3 aliphatic carbocycles. The Morgan fingerprint density at radius 3 is 2.33 bits per heavy atom. The number of rotatable bonds is 0. The van der Waals surface area contributed by atoms with Crippen LogP contribution in [-0.4, -0.2) is 0 Å². The molecule has 0 saturated heterocycles. The largest absolute Gasteiger partial charge is 0.0588 e. The van der Waals surface area contributed by atoms with Crippen LogP contribution in [0, 0.1) is 16.7 Å². The van der Waals surface area contributed by atoms with Crippen LogP contribution in [0.1, 0.15) is 39.0 Å². The van der Waals surface area contributed by atoms with Crippen molar-refractivity contribution in [3.05, 3.63) is 0 Å². The summed E-state index contributed by atoms with van der Waals surface area (Å²) in [5.74, 6) is 1.19. The lowest BCUT2D eigenvalue weighted by Crippen LogP contribution is -1.94. The molecule has 0 heteroatoms. The van der Waals surface area contributed by atoms with Gasteiger partial charge < -0.3 is 0 Å². The minimum atomic E-state index is 0.868. The van der Waals surface area contributed by atoms with Gasteiger partial charge in [-0.2, -0.15) is 0 Å². The lowest BCUT2D eigenvalue weighted by atomic mass is 10.0. The molecule has 3 fully saturated rings. The topological polar surface area (TPSA) is 0 Å². The van der Waals surface area contributed by atoms with Crippen LogP contribution >= 0.6 is 0 Å². The molecule has 0 aromatic rings. The van der Waals surface area contributed by atoms with E-state index in [4.69, 9.17) is 0 Å². The molecular formula is C9H14. The lowest BCUT2D eigenvalue weighted by Gasteiger charge is -2.03. The molecule has 0 aromatic heterocycles. The minimum absolute atomic E-state index is 0.868. The van der Waals surface area contributed by atoms with E-state index in [1.165, 1.54) is 12.3 Å². The van der Waals surface area contributed by atoms with E-state index in [-0.39, 0.29) is 0 Å². The van der Waals surface area contributed by atoms with Crippen LogP contribution in [0.2, 0.25) is 0 Å². The first-order chi connectivity index (χ1) is 4.30. The normalized spacial score (nSPS) is 57.7. The smallest absolute Gasteiger partial charge is 0.0207 e. The van der Waals surface area contributed by atoms with Crippen molar-refractivity contribution < 1.29 is 0 Å². The van der Waals surface area contributed by atoms with Crippen LogP contribution in [0.5, 0.6) is 0 Å². The van der Waals surface area contributed by atoms with Crippen LogP contribution in [-0.2, 0) is 0 Å². The van der Waals surface area contributed by atoms with Gasteiger partial charge in [-0.1, -0.05) is 13.3 Å². The predicted octanol–water partition coefficient (Wildman–Crippen LogP) is 2.59. The molecule has 9 heavy (non-hydrogen) atoms. The molecule has 0 heterocycles. The van der Waals surface area contributed by atoms with Crippen molar-refractivity contribution in [3.63, 3.8) is 0 Å². The van der Waals surface area contributed by atoms with Gasteiger partial charge in [0.05, 0.1) is 0 Å². The third-order valence-electron chi connectivity index (χ3n) is 4.47. The fraction of sp³-hybridized carbons (Fsp3) is 1.00. The van der Waals surface area contributed by atoms with Gasteiger partial charge in [-0.05, 0) is 42.4 Å². The molecule has 2 atom stereocenters. The molecule has 3 saturated carbocycles. The van der Waals surface area contributed by atoms with Gasteiger partial charge in [-0.25, -0.2) is 0 Å². The summed E-state index contributed by atoms with van der Waals surface area (Å²) in [5, 5.41) is 0. The first-order valence-corrected chi connectivity index (χ1v) is 4.30. The summed E-state index contributed by atoms with van der Waals surface area (Å²) in [5.41, 5.74) is 1.82. The third-order valence-corrected chi connectivity index (χ3v) is 4.47. The number of fused-ring (bicyclic) bond motifs is 3. The average molecular weight is 122 g/mol. The lowest BCUT2D eigenvalue weighted by molar-refractivity contribution is 0.464. The highest BCUT2D eigenvalue weighted by Gasteiger charge is 2.79. The first kappa shape index (κ1) is 4.76. The van der Waals surface area contributed by atoms with E-state index in [0.717, 1.165) is 10.8 Å². The second-order valence-corrected chi connectivity index (χ2v) is 4.52. The quantitative estimate of drug-likeness (QED) is 0.463. The van der Waals surface area contributed by atoms with Crippen molar-refractivity contribution in [1.29, 1.82) is 0 Å². The second kappa shape index (κ2) is 0.980. The van der Waals surface area contributed by atoms with E-state index in [2.05, 4.69) is 6.92 Å². The zero-order valence-electron chi connectivity index (χ0n) is 6.11. The van der Waals surface area contributed by atoms with Crippen LogP contribution < -0.4 is 0 Å². The Bertz CT molecular complexity index is 167. The Labute approximate surface area is 56.6 Å². The molecule has 0 aliphatic heterocycles. The highest BCUT2D eigenvalue weighted by molar-refractivity contribution is 5.28. The van der Waals surface area contributed by atoms with Crippen LogP contribution in [0.4, 0.5) is 0 Å². The summed E-state index contributed by atoms with van der Waals surface area (Å²) in [6.45, 7) is 2.53. The van der Waals surface area contributed by atoms with Gasteiger partial charge in [0, 0.05) is 0 Å². The molecule has 0 aromatic carbocycles. The van der Waals surface area contributed by atoms with Gasteiger partial charge in [0.15, 0.2) is 0 Å².